The topological polar surface area (TPSA) is 112 Å². The normalized spacial score (nSPS) is 27.6. The van der Waals surface area contributed by atoms with Crippen molar-refractivity contribution in [3.05, 3.63) is 34.6 Å². The highest BCUT2D eigenvalue weighted by Crippen LogP contribution is 2.33. The second kappa shape index (κ2) is 4.55. The molecule has 8 heteroatoms. The van der Waals surface area contributed by atoms with E-state index >= 15 is 0 Å². The number of hydrogen-bond donors (Lipinski definition) is 3. The van der Waals surface area contributed by atoms with Crippen LogP contribution in [0.1, 0.15) is 10.4 Å². The Morgan fingerprint density at radius 3 is 3.00 bits per heavy atom. The molecule has 0 radical (unpaired) electrons. The van der Waals surface area contributed by atoms with Crippen LogP contribution in [0.15, 0.2) is 24.0 Å². The van der Waals surface area contributed by atoms with Gasteiger partial charge in [-0.2, -0.15) is 0 Å². The molecule has 7 nitrogen and oxygen atoms in total. The van der Waals surface area contributed by atoms with E-state index in [0.717, 1.165) is 6.08 Å². The summed E-state index contributed by atoms with van der Waals surface area (Å²) in [7, 11) is 0. The Morgan fingerprint density at radius 1 is 1.50 bits per heavy atom. The third kappa shape index (κ3) is 2.15. The molecule has 3 unspecified atom stereocenters. The third-order valence-electron chi connectivity index (χ3n) is 3.07. The van der Waals surface area contributed by atoms with E-state index in [0.29, 0.717) is 0 Å². The molecule has 1 aliphatic heterocycles. The average Bonchev–Trinajstić information content (AvgIpc) is 3.19. The van der Waals surface area contributed by atoms with Crippen molar-refractivity contribution in [1.82, 2.24) is 10.3 Å². The Balaban J connectivity index is 1.82. The number of carbonyl (C=O) groups is 2. The van der Waals surface area contributed by atoms with Gasteiger partial charge in [-0.15, -0.1) is 0 Å². The molecule has 20 heavy (non-hydrogen) atoms. The molecule has 0 bridgehead atoms. The molecular formula is C12H9ClN2O5. The number of hydrogen-bond acceptors (Lipinski definition) is 6. The van der Waals surface area contributed by atoms with Gasteiger partial charge in [0.25, 0.3) is 5.91 Å². The fraction of sp³-hybridized carbons (Fsp3) is 0.250. The van der Waals surface area contributed by atoms with Gasteiger partial charge in [0.1, 0.15) is 23.9 Å². The van der Waals surface area contributed by atoms with Crippen LogP contribution in [0.25, 0.3) is 0 Å². The summed E-state index contributed by atoms with van der Waals surface area (Å²) in [5.74, 6) is -1.54. The summed E-state index contributed by atoms with van der Waals surface area (Å²) in [6, 6.07) is 1.23. The van der Waals surface area contributed by atoms with Crippen molar-refractivity contribution in [1.29, 1.82) is 0 Å². The third-order valence-corrected chi connectivity index (χ3v) is 3.28. The molecule has 0 saturated carbocycles. The van der Waals surface area contributed by atoms with Gasteiger partial charge in [0, 0.05) is 12.3 Å². The largest absolute Gasteiger partial charge is 0.493 e. The molecule has 1 fully saturated rings. The number of ketones is 1. The Hall–Kier alpha value is -1.96. The molecule has 1 aliphatic carbocycles. The zero-order valence-corrected chi connectivity index (χ0v) is 10.7. The van der Waals surface area contributed by atoms with E-state index in [-0.39, 0.29) is 22.1 Å². The van der Waals surface area contributed by atoms with E-state index < -0.39 is 30.1 Å². The van der Waals surface area contributed by atoms with Gasteiger partial charge in [0.05, 0.1) is 10.7 Å². The molecule has 104 valence electrons. The number of halogens is 1. The van der Waals surface area contributed by atoms with Gasteiger partial charge in [-0.3, -0.25) is 9.59 Å². The van der Waals surface area contributed by atoms with Crippen molar-refractivity contribution in [2.45, 2.75) is 18.3 Å². The summed E-state index contributed by atoms with van der Waals surface area (Å²) < 4.78 is 4.98. The van der Waals surface area contributed by atoms with Crippen molar-refractivity contribution in [2.75, 3.05) is 0 Å². The van der Waals surface area contributed by atoms with Crippen LogP contribution in [0.4, 0.5) is 0 Å². The molecule has 1 amide bonds. The zero-order chi connectivity index (χ0) is 14.4. The standard InChI is InChI=1S/C12H9ClN2O5/c13-4-1-5(11(18)14-3-4)12(19)15-6-2-7(16)9-10(20-9)8(6)17/h1-3,8-10,17H,(H,14,18)(H,15,19). The fourth-order valence-electron chi connectivity index (χ4n) is 2.00. The van der Waals surface area contributed by atoms with E-state index in [4.69, 9.17) is 16.3 Å². The number of amides is 1. The SMILES string of the molecule is O=C(NC1=CC(=O)C2OC2C1O)c1cc(Cl)cnc1O. The van der Waals surface area contributed by atoms with Gasteiger partial charge in [0.15, 0.2) is 5.78 Å². The Labute approximate surface area is 117 Å². The van der Waals surface area contributed by atoms with Crippen LogP contribution in [0.2, 0.25) is 5.02 Å². The van der Waals surface area contributed by atoms with Crippen LogP contribution < -0.4 is 5.32 Å². The Kier molecular flexibility index (Phi) is 2.97. The van der Waals surface area contributed by atoms with E-state index in [1.54, 1.807) is 0 Å². The van der Waals surface area contributed by atoms with Crippen molar-refractivity contribution in [3.63, 3.8) is 0 Å². The highest BCUT2D eigenvalue weighted by atomic mass is 35.5. The summed E-state index contributed by atoms with van der Waals surface area (Å²) in [6.07, 6.45) is -0.0166. The summed E-state index contributed by atoms with van der Waals surface area (Å²) in [5.41, 5.74) is -0.130. The number of nitrogens with zero attached hydrogens (tertiary/aromatic N) is 1. The molecule has 1 aromatic heterocycles. The molecule has 3 atom stereocenters. The first kappa shape index (κ1) is 13.0. The number of nitrogens with one attached hydrogen (secondary N) is 1. The zero-order valence-electron chi connectivity index (χ0n) is 9.91. The summed E-state index contributed by atoms with van der Waals surface area (Å²) in [5, 5.41) is 21.9. The van der Waals surface area contributed by atoms with Gasteiger partial charge in [-0.05, 0) is 6.07 Å². The number of fused-ring (bicyclic) bond motifs is 1. The number of aromatic nitrogens is 1. The number of aromatic hydroxyl groups is 1. The van der Waals surface area contributed by atoms with Crippen LogP contribution >= 0.6 is 11.6 Å². The van der Waals surface area contributed by atoms with Crippen molar-refractivity contribution in [3.8, 4) is 5.88 Å². The number of pyridine rings is 1. The number of carbonyl (C=O) groups excluding carboxylic acids is 2. The number of rotatable bonds is 2. The first-order valence-electron chi connectivity index (χ1n) is 5.72. The van der Waals surface area contributed by atoms with Crippen molar-refractivity contribution < 1.29 is 24.5 Å². The maximum absolute atomic E-state index is 12.0. The molecule has 0 spiro atoms. The molecule has 2 aliphatic rings. The molecular weight excluding hydrogens is 288 g/mol. The van der Waals surface area contributed by atoms with Gasteiger partial charge < -0.3 is 20.3 Å². The maximum Gasteiger partial charge on any atom is 0.261 e. The Morgan fingerprint density at radius 2 is 2.25 bits per heavy atom. The van der Waals surface area contributed by atoms with E-state index in [9.17, 15) is 19.8 Å². The van der Waals surface area contributed by atoms with E-state index in [1.807, 2.05) is 0 Å². The lowest BCUT2D eigenvalue weighted by molar-refractivity contribution is -0.116. The summed E-state index contributed by atoms with van der Waals surface area (Å²) in [4.78, 5) is 27.0. The maximum atomic E-state index is 12.0. The summed E-state index contributed by atoms with van der Waals surface area (Å²) >= 11 is 5.69. The highest BCUT2D eigenvalue weighted by molar-refractivity contribution is 6.30. The minimum absolute atomic E-state index is 0.0260. The first-order chi connectivity index (χ1) is 9.47. The molecule has 3 rings (SSSR count). The van der Waals surface area contributed by atoms with Gasteiger partial charge in [-0.1, -0.05) is 11.6 Å². The average molecular weight is 297 g/mol. The fourth-order valence-corrected chi connectivity index (χ4v) is 2.16. The first-order valence-corrected chi connectivity index (χ1v) is 6.10. The molecule has 3 N–H and O–H groups in total. The quantitative estimate of drug-likeness (QED) is 0.650. The summed E-state index contributed by atoms with van der Waals surface area (Å²) in [6.45, 7) is 0. The molecule has 1 aromatic rings. The minimum atomic E-state index is -1.09. The molecule has 0 aromatic carbocycles. The van der Waals surface area contributed by atoms with Crippen LogP contribution in [0.3, 0.4) is 0 Å². The van der Waals surface area contributed by atoms with Crippen LogP contribution in [-0.2, 0) is 9.53 Å². The molecule has 2 heterocycles. The monoisotopic (exact) mass is 296 g/mol. The lowest BCUT2D eigenvalue weighted by Crippen LogP contribution is -2.37. The van der Waals surface area contributed by atoms with Crippen molar-refractivity contribution in [2.24, 2.45) is 0 Å². The van der Waals surface area contributed by atoms with E-state index in [1.165, 1.54) is 12.3 Å². The highest BCUT2D eigenvalue weighted by Gasteiger charge is 2.53. The van der Waals surface area contributed by atoms with Crippen LogP contribution in [-0.4, -0.2) is 45.2 Å². The number of epoxide rings is 1. The lowest BCUT2D eigenvalue weighted by Gasteiger charge is -2.17. The second-order valence-corrected chi connectivity index (χ2v) is 4.88. The predicted octanol–water partition coefficient (Wildman–Crippen LogP) is -0.235. The molecule has 1 saturated heterocycles. The van der Waals surface area contributed by atoms with Crippen LogP contribution in [0, 0.1) is 0 Å². The Bertz CT molecular complexity index is 645. The van der Waals surface area contributed by atoms with E-state index in [2.05, 4.69) is 10.3 Å². The van der Waals surface area contributed by atoms with Crippen LogP contribution in [0.5, 0.6) is 5.88 Å². The van der Waals surface area contributed by atoms with Crippen molar-refractivity contribution >= 4 is 23.3 Å². The second-order valence-electron chi connectivity index (χ2n) is 4.45. The smallest absolute Gasteiger partial charge is 0.261 e. The van der Waals surface area contributed by atoms with Gasteiger partial charge in [-0.25, -0.2) is 4.98 Å². The number of aliphatic hydroxyl groups is 1. The predicted molar refractivity (Wildman–Crippen MR) is 66.1 cm³/mol. The minimum Gasteiger partial charge on any atom is -0.493 e. The number of ether oxygens (including phenoxy) is 1. The van der Waals surface area contributed by atoms with Gasteiger partial charge >= 0.3 is 0 Å². The lowest BCUT2D eigenvalue weighted by atomic mass is 10.0. The van der Waals surface area contributed by atoms with Gasteiger partial charge in [0.2, 0.25) is 5.88 Å². The number of aliphatic hydroxyl groups excluding tert-OH is 1.